The molecule has 0 aromatic carbocycles. The van der Waals surface area contributed by atoms with Gasteiger partial charge < -0.3 is 15.4 Å². The summed E-state index contributed by atoms with van der Waals surface area (Å²) in [4.78, 5) is 25.0. The lowest BCUT2D eigenvalue weighted by Gasteiger charge is -2.24. The highest BCUT2D eigenvalue weighted by atomic mass is 16.5. The molecule has 2 N–H and O–H groups in total. The summed E-state index contributed by atoms with van der Waals surface area (Å²) >= 11 is 0. The van der Waals surface area contributed by atoms with Crippen LogP contribution in [-0.4, -0.2) is 42.0 Å². The van der Waals surface area contributed by atoms with Crippen molar-refractivity contribution in [3.63, 3.8) is 0 Å². The summed E-state index contributed by atoms with van der Waals surface area (Å²) in [6, 6.07) is -0.301. The first-order valence-electron chi connectivity index (χ1n) is 6.31. The normalized spacial score (nSPS) is 16.4. The fourth-order valence-electron chi connectivity index (χ4n) is 1.77. The fourth-order valence-corrected chi connectivity index (χ4v) is 1.77. The second kappa shape index (κ2) is 6.59. The van der Waals surface area contributed by atoms with Crippen LogP contribution < -0.4 is 5.73 Å². The predicted molar refractivity (Wildman–Crippen MR) is 64.3 cm³/mol. The summed E-state index contributed by atoms with van der Waals surface area (Å²) in [6.45, 7) is 4.12. The molecule has 0 heterocycles. The highest BCUT2D eigenvalue weighted by Gasteiger charge is 2.35. The van der Waals surface area contributed by atoms with Crippen molar-refractivity contribution in [2.24, 2.45) is 5.73 Å². The third-order valence-corrected chi connectivity index (χ3v) is 2.79. The molecule has 1 amide bonds. The topological polar surface area (TPSA) is 72.6 Å². The molecule has 0 aromatic rings. The van der Waals surface area contributed by atoms with Gasteiger partial charge in [-0.1, -0.05) is 13.3 Å². The zero-order valence-corrected chi connectivity index (χ0v) is 10.6. The minimum atomic E-state index is -0.491. The zero-order valence-electron chi connectivity index (χ0n) is 10.6. The Morgan fingerprint density at radius 3 is 2.53 bits per heavy atom. The molecule has 1 aliphatic carbocycles. The van der Waals surface area contributed by atoms with Crippen LogP contribution in [0.1, 0.15) is 39.5 Å². The van der Waals surface area contributed by atoms with Crippen LogP contribution in [0.4, 0.5) is 0 Å². The summed E-state index contributed by atoms with van der Waals surface area (Å²) in [5.74, 6) is -0.473. The van der Waals surface area contributed by atoms with Gasteiger partial charge in [-0.05, 0) is 26.2 Å². The molecule has 1 aliphatic rings. The lowest BCUT2D eigenvalue weighted by molar-refractivity contribution is -0.149. The summed E-state index contributed by atoms with van der Waals surface area (Å²) in [6.07, 6.45) is 3.45. The minimum absolute atomic E-state index is 0.0365. The van der Waals surface area contributed by atoms with E-state index in [1.54, 1.807) is 11.8 Å². The number of carbonyl (C=O) groups excluding carboxylic acids is 2. The third-order valence-electron chi connectivity index (χ3n) is 2.79. The van der Waals surface area contributed by atoms with E-state index < -0.39 is 6.04 Å². The highest BCUT2D eigenvalue weighted by Crippen LogP contribution is 2.27. The van der Waals surface area contributed by atoms with Crippen LogP contribution >= 0.6 is 0 Å². The number of nitrogens with zero attached hydrogens (tertiary/aromatic N) is 1. The van der Waals surface area contributed by atoms with E-state index >= 15 is 0 Å². The van der Waals surface area contributed by atoms with E-state index in [0.29, 0.717) is 13.0 Å². The van der Waals surface area contributed by atoms with Crippen LogP contribution in [0, 0.1) is 0 Å². The first kappa shape index (κ1) is 14.0. The van der Waals surface area contributed by atoms with E-state index in [1.807, 2.05) is 6.92 Å². The molecule has 1 unspecified atom stereocenters. The number of hydrogen-bond acceptors (Lipinski definition) is 4. The van der Waals surface area contributed by atoms with Crippen LogP contribution in [0.3, 0.4) is 0 Å². The fraction of sp³-hybridized carbons (Fsp3) is 0.833. The van der Waals surface area contributed by atoms with Crippen LogP contribution in [0.5, 0.6) is 0 Å². The van der Waals surface area contributed by atoms with Crippen molar-refractivity contribution in [2.45, 2.75) is 51.6 Å². The number of esters is 1. The molecule has 17 heavy (non-hydrogen) atoms. The van der Waals surface area contributed by atoms with Gasteiger partial charge in [0.25, 0.3) is 0 Å². The van der Waals surface area contributed by atoms with E-state index in [2.05, 4.69) is 0 Å². The van der Waals surface area contributed by atoms with E-state index in [4.69, 9.17) is 10.5 Å². The molecule has 0 saturated heterocycles. The Hall–Kier alpha value is -1.10. The zero-order chi connectivity index (χ0) is 12.8. The van der Waals surface area contributed by atoms with Crippen molar-refractivity contribution in [3.05, 3.63) is 0 Å². The molecule has 0 aromatic heterocycles. The van der Waals surface area contributed by atoms with Gasteiger partial charge in [-0.15, -0.1) is 0 Å². The van der Waals surface area contributed by atoms with Gasteiger partial charge in [0.15, 0.2) is 0 Å². The lowest BCUT2D eigenvalue weighted by Crippen LogP contribution is -2.47. The molecule has 1 fully saturated rings. The monoisotopic (exact) mass is 242 g/mol. The number of carbonyl (C=O) groups is 2. The number of rotatable bonds is 7. The first-order valence-corrected chi connectivity index (χ1v) is 6.31. The first-order chi connectivity index (χ1) is 8.10. The summed E-state index contributed by atoms with van der Waals surface area (Å²) < 4.78 is 4.87. The van der Waals surface area contributed by atoms with E-state index in [9.17, 15) is 9.59 Å². The Bertz CT molecular complexity index is 277. The number of ether oxygens (including phenoxy) is 1. The van der Waals surface area contributed by atoms with Crippen LogP contribution in [0.25, 0.3) is 0 Å². The van der Waals surface area contributed by atoms with Gasteiger partial charge in [-0.3, -0.25) is 9.59 Å². The van der Waals surface area contributed by atoms with Crippen LogP contribution in [0.15, 0.2) is 0 Å². The summed E-state index contributed by atoms with van der Waals surface area (Å²) in [7, 11) is 0. The smallest absolute Gasteiger partial charge is 0.325 e. The highest BCUT2D eigenvalue weighted by molar-refractivity contribution is 5.86. The molecule has 5 nitrogen and oxygen atoms in total. The van der Waals surface area contributed by atoms with Gasteiger partial charge in [0.1, 0.15) is 6.54 Å². The molecule has 98 valence electrons. The van der Waals surface area contributed by atoms with Crippen molar-refractivity contribution in [2.75, 3.05) is 13.2 Å². The van der Waals surface area contributed by atoms with Gasteiger partial charge in [0.05, 0.1) is 12.6 Å². The molecular formula is C12H22N2O3. The Balaban J connectivity index is 2.53. The number of hydrogen-bond donors (Lipinski definition) is 1. The maximum atomic E-state index is 12.0. The SMILES string of the molecule is CCCC(N)C(=O)N(CC(=O)OCC)C1CC1. The Morgan fingerprint density at radius 1 is 1.41 bits per heavy atom. The van der Waals surface area contributed by atoms with Crippen molar-refractivity contribution < 1.29 is 14.3 Å². The molecule has 0 bridgehead atoms. The Labute approximate surface area is 102 Å². The van der Waals surface area contributed by atoms with Gasteiger partial charge in [0.2, 0.25) is 5.91 Å². The van der Waals surface area contributed by atoms with Crippen molar-refractivity contribution in [3.8, 4) is 0 Å². The average Bonchev–Trinajstić information content (AvgIpc) is 3.09. The maximum Gasteiger partial charge on any atom is 0.325 e. The summed E-state index contributed by atoms with van der Waals surface area (Å²) in [5, 5.41) is 0. The molecule has 1 saturated carbocycles. The van der Waals surface area contributed by atoms with E-state index in [-0.39, 0.29) is 24.5 Å². The van der Waals surface area contributed by atoms with E-state index in [1.165, 1.54) is 0 Å². The molecule has 1 rings (SSSR count). The number of amides is 1. The molecule has 0 spiro atoms. The van der Waals surface area contributed by atoms with Crippen LogP contribution in [-0.2, 0) is 14.3 Å². The Morgan fingerprint density at radius 2 is 2.06 bits per heavy atom. The quantitative estimate of drug-likeness (QED) is 0.666. The van der Waals surface area contributed by atoms with Crippen molar-refractivity contribution in [1.82, 2.24) is 4.90 Å². The molecule has 1 atom stereocenters. The molecule has 0 aliphatic heterocycles. The summed E-state index contributed by atoms with van der Waals surface area (Å²) in [5.41, 5.74) is 5.80. The van der Waals surface area contributed by atoms with Crippen molar-refractivity contribution in [1.29, 1.82) is 0 Å². The molecule has 0 radical (unpaired) electrons. The van der Waals surface area contributed by atoms with Crippen LogP contribution in [0.2, 0.25) is 0 Å². The van der Waals surface area contributed by atoms with Gasteiger partial charge in [0, 0.05) is 6.04 Å². The predicted octanol–water partition coefficient (Wildman–Crippen LogP) is 0.668. The number of nitrogens with two attached hydrogens (primary N) is 1. The lowest BCUT2D eigenvalue weighted by atomic mass is 10.1. The van der Waals surface area contributed by atoms with E-state index in [0.717, 1.165) is 19.3 Å². The largest absolute Gasteiger partial charge is 0.465 e. The average molecular weight is 242 g/mol. The van der Waals surface area contributed by atoms with Gasteiger partial charge >= 0.3 is 5.97 Å². The molecular weight excluding hydrogens is 220 g/mol. The standard InChI is InChI=1S/C12H22N2O3/c1-3-5-10(13)12(16)14(9-6-7-9)8-11(15)17-4-2/h9-10H,3-8,13H2,1-2H3. The maximum absolute atomic E-state index is 12.0. The van der Waals surface area contributed by atoms with Gasteiger partial charge in [-0.2, -0.15) is 0 Å². The minimum Gasteiger partial charge on any atom is -0.465 e. The second-order valence-electron chi connectivity index (χ2n) is 4.40. The third kappa shape index (κ3) is 4.34. The molecule has 5 heteroatoms. The van der Waals surface area contributed by atoms with Crippen molar-refractivity contribution >= 4 is 11.9 Å². The second-order valence-corrected chi connectivity index (χ2v) is 4.40. The van der Waals surface area contributed by atoms with Gasteiger partial charge in [-0.25, -0.2) is 0 Å². The Kier molecular flexibility index (Phi) is 5.41.